The summed E-state index contributed by atoms with van der Waals surface area (Å²) in [7, 11) is 0. The van der Waals surface area contributed by atoms with Crippen LogP contribution in [0.1, 0.15) is 21.5 Å². The highest BCUT2D eigenvalue weighted by Crippen LogP contribution is 2.20. The Morgan fingerprint density at radius 1 is 0.935 bits per heavy atom. The van der Waals surface area contributed by atoms with Crippen molar-refractivity contribution in [3.63, 3.8) is 0 Å². The van der Waals surface area contributed by atoms with Crippen molar-refractivity contribution in [2.75, 3.05) is 11.9 Å². The molecule has 1 N–H and O–H groups in total. The minimum absolute atomic E-state index is 0.146. The summed E-state index contributed by atoms with van der Waals surface area (Å²) >= 11 is 0. The molecule has 0 aromatic heterocycles. The normalized spacial score (nSPS) is 10.1. The Hall–Kier alpha value is -4.18. The summed E-state index contributed by atoms with van der Waals surface area (Å²) in [6.07, 6.45) is 0.286. The lowest BCUT2D eigenvalue weighted by molar-refractivity contribution is -0.119. The average Bonchev–Trinajstić information content (AvgIpc) is 2.79. The zero-order chi connectivity index (χ0) is 22.1. The van der Waals surface area contributed by atoms with Gasteiger partial charge in [0.1, 0.15) is 23.7 Å². The molecule has 3 aromatic rings. The number of nitrogens with zero attached hydrogens (tertiary/aromatic N) is 1. The van der Waals surface area contributed by atoms with Gasteiger partial charge < -0.3 is 14.8 Å². The van der Waals surface area contributed by atoms with Crippen LogP contribution in [0.15, 0.2) is 72.8 Å². The van der Waals surface area contributed by atoms with Crippen LogP contribution in [0, 0.1) is 17.1 Å². The van der Waals surface area contributed by atoms with E-state index in [0.29, 0.717) is 11.4 Å². The van der Waals surface area contributed by atoms with Gasteiger partial charge in [-0.15, -0.1) is 0 Å². The molecular formula is C24H19FN2O4. The molecule has 3 rings (SSSR count). The lowest BCUT2D eigenvalue weighted by Crippen LogP contribution is -2.21. The molecule has 0 aliphatic carbocycles. The second-order valence-corrected chi connectivity index (χ2v) is 6.57. The summed E-state index contributed by atoms with van der Waals surface area (Å²) in [4.78, 5) is 24.5. The molecule has 3 aromatic carbocycles. The van der Waals surface area contributed by atoms with E-state index < -0.39 is 18.5 Å². The molecule has 1 amide bonds. The lowest BCUT2D eigenvalue weighted by atomic mass is 10.1. The van der Waals surface area contributed by atoms with Crippen LogP contribution in [0.3, 0.4) is 0 Å². The van der Waals surface area contributed by atoms with Gasteiger partial charge in [0.05, 0.1) is 12.5 Å². The summed E-state index contributed by atoms with van der Waals surface area (Å²) in [5.41, 5.74) is 2.29. The molecule has 0 radical (unpaired) electrons. The van der Waals surface area contributed by atoms with Gasteiger partial charge in [-0.05, 0) is 47.5 Å². The zero-order valence-corrected chi connectivity index (χ0v) is 16.5. The number of carbonyl (C=O) groups excluding carboxylic acids is 2. The fraction of sp³-hybridized carbons (Fsp3) is 0.125. The van der Waals surface area contributed by atoms with E-state index in [2.05, 4.69) is 5.32 Å². The summed E-state index contributed by atoms with van der Waals surface area (Å²) in [5.74, 6) is -1.24. The molecule has 0 fully saturated rings. The van der Waals surface area contributed by atoms with E-state index in [1.165, 1.54) is 18.2 Å². The number of benzene rings is 3. The van der Waals surface area contributed by atoms with E-state index in [9.17, 15) is 14.0 Å². The quantitative estimate of drug-likeness (QED) is 0.552. The third-order valence-corrected chi connectivity index (χ3v) is 4.27. The van der Waals surface area contributed by atoms with Gasteiger partial charge >= 0.3 is 5.97 Å². The molecule has 31 heavy (non-hydrogen) atoms. The number of nitrogens with one attached hydrogen (secondary N) is 1. The van der Waals surface area contributed by atoms with Gasteiger partial charge in [-0.25, -0.2) is 9.18 Å². The van der Waals surface area contributed by atoms with Crippen molar-refractivity contribution in [1.82, 2.24) is 0 Å². The Morgan fingerprint density at radius 2 is 1.61 bits per heavy atom. The van der Waals surface area contributed by atoms with E-state index in [1.807, 2.05) is 6.07 Å². The number of nitriles is 1. The first-order valence-corrected chi connectivity index (χ1v) is 9.44. The third-order valence-electron chi connectivity index (χ3n) is 4.27. The number of rotatable bonds is 8. The van der Waals surface area contributed by atoms with Crippen LogP contribution in [0.5, 0.6) is 5.75 Å². The molecule has 7 heteroatoms. The molecule has 0 saturated carbocycles. The highest BCUT2D eigenvalue weighted by molar-refractivity contribution is 5.96. The summed E-state index contributed by atoms with van der Waals surface area (Å²) in [6, 6.07) is 21.2. The Morgan fingerprint density at radius 3 is 2.32 bits per heavy atom. The fourth-order valence-electron chi connectivity index (χ4n) is 2.71. The number of hydrogen-bond acceptors (Lipinski definition) is 5. The van der Waals surface area contributed by atoms with Crippen LogP contribution >= 0.6 is 0 Å². The van der Waals surface area contributed by atoms with Gasteiger partial charge in [0, 0.05) is 5.69 Å². The number of anilines is 1. The van der Waals surface area contributed by atoms with Crippen LogP contribution in [-0.2, 0) is 22.6 Å². The van der Waals surface area contributed by atoms with Crippen molar-refractivity contribution in [3.8, 4) is 11.8 Å². The Bertz CT molecular complexity index is 1090. The molecule has 156 valence electrons. The number of para-hydroxylation sites is 1. The summed E-state index contributed by atoms with van der Waals surface area (Å²) < 4.78 is 23.8. The SMILES string of the molecule is N#CCc1ccc(NC(=O)COC(=O)c2ccccc2OCc2ccc(F)cc2)cc1. The first kappa shape index (κ1) is 21.5. The molecule has 0 aliphatic rings. The van der Waals surface area contributed by atoms with E-state index in [-0.39, 0.29) is 24.4 Å². The minimum Gasteiger partial charge on any atom is -0.488 e. The molecule has 0 heterocycles. The number of ether oxygens (including phenoxy) is 2. The van der Waals surface area contributed by atoms with E-state index in [0.717, 1.165) is 11.1 Å². The highest BCUT2D eigenvalue weighted by Gasteiger charge is 2.15. The largest absolute Gasteiger partial charge is 0.488 e. The van der Waals surface area contributed by atoms with Crippen molar-refractivity contribution >= 4 is 17.6 Å². The molecular weight excluding hydrogens is 399 g/mol. The molecule has 0 atom stereocenters. The first-order valence-electron chi connectivity index (χ1n) is 9.44. The minimum atomic E-state index is -0.700. The molecule has 0 unspecified atom stereocenters. The second-order valence-electron chi connectivity index (χ2n) is 6.57. The second kappa shape index (κ2) is 10.6. The maximum atomic E-state index is 13.0. The number of halogens is 1. The van der Waals surface area contributed by atoms with Crippen molar-refractivity contribution in [3.05, 3.63) is 95.3 Å². The number of hydrogen-bond donors (Lipinski definition) is 1. The van der Waals surface area contributed by atoms with Crippen molar-refractivity contribution in [1.29, 1.82) is 5.26 Å². The smallest absolute Gasteiger partial charge is 0.342 e. The van der Waals surface area contributed by atoms with Gasteiger partial charge in [-0.3, -0.25) is 4.79 Å². The summed E-state index contributed by atoms with van der Waals surface area (Å²) in [6.45, 7) is -0.321. The maximum Gasteiger partial charge on any atom is 0.342 e. The number of carbonyl (C=O) groups is 2. The van der Waals surface area contributed by atoms with Crippen molar-refractivity contribution < 1.29 is 23.5 Å². The molecule has 0 bridgehead atoms. The topological polar surface area (TPSA) is 88.4 Å². The molecule has 0 aliphatic heterocycles. The Balaban J connectivity index is 1.54. The van der Waals surface area contributed by atoms with Crippen LogP contribution in [0.2, 0.25) is 0 Å². The van der Waals surface area contributed by atoms with Gasteiger partial charge in [0.25, 0.3) is 5.91 Å². The van der Waals surface area contributed by atoms with Crippen LogP contribution in [0.4, 0.5) is 10.1 Å². The number of amides is 1. The van der Waals surface area contributed by atoms with E-state index in [1.54, 1.807) is 54.6 Å². The van der Waals surface area contributed by atoms with Crippen LogP contribution in [0.25, 0.3) is 0 Å². The Kier molecular flexibility index (Phi) is 7.33. The lowest BCUT2D eigenvalue weighted by Gasteiger charge is -2.11. The van der Waals surface area contributed by atoms with Gasteiger partial charge in [-0.1, -0.05) is 36.4 Å². The monoisotopic (exact) mass is 418 g/mol. The van der Waals surface area contributed by atoms with Crippen LogP contribution in [-0.4, -0.2) is 18.5 Å². The first-order chi connectivity index (χ1) is 15.0. The number of esters is 1. The average molecular weight is 418 g/mol. The zero-order valence-electron chi connectivity index (χ0n) is 16.5. The molecule has 6 nitrogen and oxygen atoms in total. The van der Waals surface area contributed by atoms with Gasteiger partial charge in [-0.2, -0.15) is 5.26 Å². The predicted molar refractivity (Wildman–Crippen MR) is 112 cm³/mol. The predicted octanol–water partition coefficient (Wildman–Crippen LogP) is 4.27. The maximum absolute atomic E-state index is 13.0. The third kappa shape index (κ3) is 6.41. The van der Waals surface area contributed by atoms with Crippen molar-refractivity contribution in [2.45, 2.75) is 13.0 Å². The van der Waals surface area contributed by atoms with E-state index >= 15 is 0 Å². The summed E-state index contributed by atoms with van der Waals surface area (Å²) in [5, 5.41) is 11.3. The molecule has 0 spiro atoms. The van der Waals surface area contributed by atoms with Gasteiger partial charge in [0.2, 0.25) is 0 Å². The van der Waals surface area contributed by atoms with Crippen LogP contribution < -0.4 is 10.1 Å². The standard InChI is InChI=1S/C24H19FN2O4/c25-19-9-5-18(6-10-19)15-30-22-4-2-1-3-21(22)24(29)31-16-23(28)27-20-11-7-17(8-12-20)13-14-26/h1-12H,13,15-16H2,(H,27,28). The molecule has 0 saturated heterocycles. The Labute approximate surface area is 178 Å². The van der Waals surface area contributed by atoms with Crippen molar-refractivity contribution in [2.24, 2.45) is 0 Å². The highest BCUT2D eigenvalue weighted by atomic mass is 19.1. The fourth-order valence-corrected chi connectivity index (χ4v) is 2.71. The van der Waals surface area contributed by atoms with Gasteiger partial charge in [0.15, 0.2) is 6.61 Å². The van der Waals surface area contributed by atoms with E-state index in [4.69, 9.17) is 14.7 Å².